The van der Waals surface area contributed by atoms with Gasteiger partial charge in [-0.2, -0.15) is 0 Å². The molecule has 0 spiro atoms. The van der Waals surface area contributed by atoms with Gasteiger partial charge in [-0.3, -0.25) is 4.79 Å². The lowest BCUT2D eigenvalue weighted by molar-refractivity contribution is -0.123. The predicted octanol–water partition coefficient (Wildman–Crippen LogP) is 3.88. The first-order valence-electron chi connectivity index (χ1n) is 5.58. The second-order valence-corrected chi connectivity index (χ2v) is 4.85. The van der Waals surface area contributed by atoms with Gasteiger partial charge in [-0.15, -0.1) is 0 Å². The van der Waals surface area contributed by atoms with Crippen LogP contribution in [0.4, 0.5) is 5.69 Å². The Balaban J connectivity index is 2.25. The van der Waals surface area contributed by atoms with E-state index in [9.17, 15) is 4.79 Å². The lowest BCUT2D eigenvalue weighted by Gasteiger charge is -2.26. The van der Waals surface area contributed by atoms with E-state index >= 15 is 0 Å². The second-order valence-electron chi connectivity index (χ2n) is 4.00. The Hall–Kier alpha value is -0.930. The molecule has 17 heavy (non-hydrogen) atoms. The predicted molar refractivity (Wildman–Crippen MR) is 69.0 cm³/mol. The molecule has 92 valence electrons. The number of carbonyl (C=O) groups excluding carboxylic acids is 1. The number of rotatable bonds is 3. The van der Waals surface area contributed by atoms with Gasteiger partial charge in [-0.05, 0) is 25.0 Å². The molecule has 1 heterocycles. The summed E-state index contributed by atoms with van der Waals surface area (Å²) in [6.45, 7) is 2.07. The summed E-state index contributed by atoms with van der Waals surface area (Å²) < 4.78 is 5.63. The van der Waals surface area contributed by atoms with Crippen molar-refractivity contribution < 1.29 is 9.53 Å². The van der Waals surface area contributed by atoms with Crippen molar-refractivity contribution in [3.8, 4) is 5.75 Å². The fourth-order valence-corrected chi connectivity index (χ4v) is 2.30. The Morgan fingerprint density at radius 3 is 2.88 bits per heavy atom. The summed E-state index contributed by atoms with van der Waals surface area (Å²) in [5.74, 6) is 0.376. The highest BCUT2D eigenvalue weighted by atomic mass is 35.5. The summed E-state index contributed by atoms with van der Waals surface area (Å²) in [7, 11) is 0. The van der Waals surface area contributed by atoms with Crippen molar-refractivity contribution in [1.29, 1.82) is 0 Å². The zero-order chi connectivity index (χ0) is 12.4. The van der Waals surface area contributed by atoms with Gasteiger partial charge in [0.25, 0.3) is 5.91 Å². The minimum absolute atomic E-state index is 0.135. The Bertz CT molecular complexity index is 448. The number of anilines is 1. The van der Waals surface area contributed by atoms with Crippen LogP contribution >= 0.6 is 23.2 Å². The average Bonchev–Trinajstić information content (AvgIpc) is 2.26. The summed E-state index contributed by atoms with van der Waals surface area (Å²) in [6.07, 6.45) is 2.20. The van der Waals surface area contributed by atoms with Crippen molar-refractivity contribution in [2.45, 2.75) is 32.3 Å². The van der Waals surface area contributed by atoms with Crippen molar-refractivity contribution in [3.63, 3.8) is 0 Å². The molecule has 1 aromatic rings. The van der Waals surface area contributed by atoms with Crippen LogP contribution in [0.5, 0.6) is 5.75 Å². The number of hydrogen-bond donors (Lipinski definition) is 1. The minimum atomic E-state index is -0.457. The van der Waals surface area contributed by atoms with Gasteiger partial charge in [0, 0.05) is 5.02 Å². The fraction of sp³-hybridized carbons (Fsp3) is 0.417. The van der Waals surface area contributed by atoms with Crippen molar-refractivity contribution in [1.82, 2.24) is 0 Å². The molecule has 0 aromatic heterocycles. The van der Waals surface area contributed by atoms with E-state index in [1.165, 1.54) is 0 Å². The number of unbranched alkanes of at least 4 members (excludes halogenated alkanes) is 1. The van der Waals surface area contributed by atoms with Crippen molar-refractivity contribution in [2.75, 3.05) is 5.32 Å². The van der Waals surface area contributed by atoms with E-state index in [1.54, 1.807) is 12.1 Å². The average molecular weight is 274 g/mol. The largest absolute Gasteiger partial charge is 0.477 e. The number of ether oxygens (including phenoxy) is 1. The maximum absolute atomic E-state index is 11.8. The molecule has 0 radical (unpaired) electrons. The summed E-state index contributed by atoms with van der Waals surface area (Å²) >= 11 is 11.9. The lowest BCUT2D eigenvalue weighted by Crippen LogP contribution is -2.37. The van der Waals surface area contributed by atoms with Crippen molar-refractivity contribution in [2.24, 2.45) is 0 Å². The highest BCUT2D eigenvalue weighted by molar-refractivity contribution is 6.36. The van der Waals surface area contributed by atoms with Gasteiger partial charge in [-0.1, -0.05) is 36.5 Å². The Morgan fingerprint density at radius 2 is 2.18 bits per heavy atom. The fourth-order valence-electron chi connectivity index (χ4n) is 1.76. The summed E-state index contributed by atoms with van der Waals surface area (Å²) in [5, 5.41) is 3.67. The molecular formula is C12H13Cl2NO2. The Labute approximate surface area is 110 Å². The van der Waals surface area contributed by atoms with E-state index in [-0.39, 0.29) is 5.91 Å². The summed E-state index contributed by atoms with van der Waals surface area (Å²) in [5.41, 5.74) is 0.542. The molecule has 0 bridgehead atoms. The lowest BCUT2D eigenvalue weighted by atomic mass is 10.1. The zero-order valence-corrected chi connectivity index (χ0v) is 10.9. The van der Waals surface area contributed by atoms with Gasteiger partial charge in [0.05, 0.1) is 10.7 Å². The molecule has 2 rings (SSSR count). The van der Waals surface area contributed by atoms with Gasteiger partial charge < -0.3 is 10.1 Å². The van der Waals surface area contributed by atoms with Crippen LogP contribution in [-0.2, 0) is 4.79 Å². The smallest absolute Gasteiger partial charge is 0.265 e. The van der Waals surface area contributed by atoms with E-state index in [0.29, 0.717) is 27.9 Å². The van der Waals surface area contributed by atoms with Crippen LogP contribution < -0.4 is 10.1 Å². The molecule has 1 amide bonds. The standard InChI is InChI=1S/C12H13Cl2NO2/c1-2-3-4-10-12(16)15-9-6-7(13)5-8(14)11(9)17-10/h5-6,10H,2-4H2,1H3,(H,15,16). The first-order chi connectivity index (χ1) is 8.11. The first kappa shape index (κ1) is 12.5. The molecule has 1 unspecified atom stereocenters. The number of benzene rings is 1. The number of fused-ring (bicyclic) bond motifs is 1. The topological polar surface area (TPSA) is 38.3 Å². The second kappa shape index (κ2) is 5.15. The Morgan fingerprint density at radius 1 is 1.41 bits per heavy atom. The maximum Gasteiger partial charge on any atom is 0.265 e. The third-order valence-corrected chi connectivity index (χ3v) is 3.14. The third kappa shape index (κ3) is 2.67. The molecule has 0 saturated carbocycles. The van der Waals surface area contributed by atoms with Crippen molar-refractivity contribution in [3.05, 3.63) is 22.2 Å². The number of halogens is 2. The maximum atomic E-state index is 11.8. The SMILES string of the molecule is CCCCC1Oc2c(Cl)cc(Cl)cc2NC1=O. The normalized spacial score (nSPS) is 18.3. The number of amides is 1. The van der Waals surface area contributed by atoms with Gasteiger partial charge in [0.2, 0.25) is 0 Å². The van der Waals surface area contributed by atoms with Crippen LogP contribution in [0.2, 0.25) is 10.0 Å². The molecule has 1 N–H and O–H groups in total. The number of hydrogen-bond acceptors (Lipinski definition) is 2. The minimum Gasteiger partial charge on any atom is -0.477 e. The molecule has 0 fully saturated rings. The van der Waals surface area contributed by atoms with E-state index < -0.39 is 6.10 Å². The molecule has 0 aliphatic carbocycles. The monoisotopic (exact) mass is 273 g/mol. The van der Waals surface area contributed by atoms with Gasteiger partial charge in [0.15, 0.2) is 11.9 Å². The van der Waals surface area contributed by atoms with E-state index in [2.05, 4.69) is 12.2 Å². The summed E-state index contributed by atoms with van der Waals surface area (Å²) in [4.78, 5) is 11.8. The molecule has 1 aliphatic heterocycles. The molecule has 1 aromatic carbocycles. The molecule has 5 heteroatoms. The highest BCUT2D eigenvalue weighted by Gasteiger charge is 2.28. The molecule has 1 atom stereocenters. The zero-order valence-electron chi connectivity index (χ0n) is 9.43. The van der Waals surface area contributed by atoms with Crippen LogP contribution in [0.15, 0.2) is 12.1 Å². The molecular weight excluding hydrogens is 261 g/mol. The number of carbonyl (C=O) groups is 1. The Kier molecular flexibility index (Phi) is 3.79. The molecule has 0 saturated heterocycles. The number of nitrogens with one attached hydrogen (secondary N) is 1. The highest BCUT2D eigenvalue weighted by Crippen LogP contribution is 2.39. The van der Waals surface area contributed by atoms with Gasteiger partial charge in [0.1, 0.15) is 0 Å². The van der Waals surface area contributed by atoms with Crippen LogP contribution in [-0.4, -0.2) is 12.0 Å². The van der Waals surface area contributed by atoms with Crippen LogP contribution in [0.25, 0.3) is 0 Å². The first-order valence-corrected chi connectivity index (χ1v) is 6.34. The van der Waals surface area contributed by atoms with Gasteiger partial charge in [-0.25, -0.2) is 0 Å². The van der Waals surface area contributed by atoms with E-state index in [0.717, 1.165) is 12.8 Å². The molecule has 1 aliphatic rings. The van der Waals surface area contributed by atoms with Crippen molar-refractivity contribution >= 4 is 34.8 Å². The quantitative estimate of drug-likeness (QED) is 0.908. The molecule has 3 nitrogen and oxygen atoms in total. The van der Waals surface area contributed by atoms with Gasteiger partial charge >= 0.3 is 0 Å². The van der Waals surface area contributed by atoms with E-state index in [1.807, 2.05) is 0 Å². The van der Waals surface area contributed by atoms with Crippen LogP contribution in [0.3, 0.4) is 0 Å². The van der Waals surface area contributed by atoms with Crippen LogP contribution in [0.1, 0.15) is 26.2 Å². The van der Waals surface area contributed by atoms with E-state index in [4.69, 9.17) is 27.9 Å². The summed E-state index contributed by atoms with van der Waals surface area (Å²) in [6, 6.07) is 3.24. The van der Waals surface area contributed by atoms with Crippen LogP contribution in [0, 0.1) is 0 Å². The third-order valence-electron chi connectivity index (χ3n) is 2.64.